The maximum Gasteiger partial charge on any atom is 0.347 e. The highest BCUT2D eigenvalue weighted by atomic mass is 79.9. The van der Waals surface area contributed by atoms with Gasteiger partial charge in [0.2, 0.25) is 0 Å². The monoisotopic (exact) mass is 303 g/mol. The first-order chi connectivity index (χ1) is 8.08. The van der Waals surface area contributed by atoms with Gasteiger partial charge in [0.1, 0.15) is 10.6 Å². The Morgan fingerprint density at radius 2 is 2.35 bits per heavy atom. The topological polar surface area (TPSA) is 93.2 Å². The first-order valence-electron chi connectivity index (χ1n) is 5.02. The molecule has 1 aliphatic rings. The number of hydrogen-bond donors (Lipinski definition) is 2. The fourth-order valence-electron chi connectivity index (χ4n) is 1.51. The molecule has 1 fully saturated rings. The van der Waals surface area contributed by atoms with Gasteiger partial charge in [-0.2, -0.15) is 0 Å². The van der Waals surface area contributed by atoms with Gasteiger partial charge in [0.15, 0.2) is 0 Å². The Balaban J connectivity index is 2.18. The van der Waals surface area contributed by atoms with Crippen LogP contribution in [0.1, 0.15) is 12.8 Å². The summed E-state index contributed by atoms with van der Waals surface area (Å²) in [5, 5.41) is 0. The predicted molar refractivity (Wildman–Crippen MR) is 62.4 cm³/mol. The second-order valence-electron chi connectivity index (χ2n) is 3.58. The van der Waals surface area contributed by atoms with Gasteiger partial charge in [0.05, 0.1) is 6.20 Å². The average molecular weight is 304 g/mol. The molecule has 0 aromatic carbocycles. The Kier molecular flexibility index (Phi) is 3.43. The molecule has 0 spiro atoms. The lowest BCUT2D eigenvalue weighted by molar-refractivity contribution is -0.125. The maximum absolute atomic E-state index is 11.7. The standard InChI is InChI=1S/C9H10BrN3O4/c10-5-4-13(9(16)11-7(5)14)12-8(15)6-2-1-3-17-6/h4,6H,1-3H2,(H,12,15)(H,11,14,16)/t6-/m1/s1. The summed E-state index contributed by atoms with van der Waals surface area (Å²) < 4.78 is 6.24. The number of aromatic nitrogens is 2. The van der Waals surface area contributed by atoms with E-state index in [1.165, 1.54) is 6.20 Å². The second-order valence-corrected chi connectivity index (χ2v) is 4.44. The number of amides is 1. The summed E-state index contributed by atoms with van der Waals surface area (Å²) in [7, 11) is 0. The minimum atomic E-state index is -0.704. The number of ether oxygens (including phenoxy) is 1. The molecule has 1 aromatic rings. The van der Waals surface area contributed by atoms with E-state index in [1.807, 2.05) is 0 Å². The van der Waals surface area contributed by atoms with Gasteiger partial charge in [-0.1, -0.05) is 0 Å². The summed E-state index contributed by atoms with van der Waals surface area (Å²) in [5.41, 5.74) is 1.11. The lowest BCUT2D eigenvalue weighted by atomic mass is 10.2. The zero-order valence-corrected chi connectivity index (χ0v) is 10.3. The molecule has 1 aromatic heterocycles. The van der Waals surface area contributed by atoms with Gasteiger partial charge in [-0.25, -0.2) is 9.47 Å². The summed E-state index contributed by atoms with van der Waals surface area (Å²) >= 11 is 2.97. The number of nitrogens with zero attached hydrogens (tertiary/aromatic N) is 1. The quantitative estimate of drug-likeness (QED) is 0.774. The van der Waals surface area contributed by atoms with Crippen molar-refractivity contribution in [3.05, 3.63) is 31.5 Å². The summed E-state index contributed by atoms with van der Waals surface area (Å²) in [6.45, 7) is 0.544. The molecule has 1 amide bonds. The number of rotatable bonds is 2. The first-order valence-corrected chi connectivity index (χ1v) is 5.81. The van der Waals surface area contributed by atoms with E-state index < -0.39 is 23.3 Å². The summed E-state index contributed by atoms with van der Waals surface area (Å²) in [4.78, 5) is 36.2. The lowest BCUT2D eigenvalue weighted by Crippen LogP contribution is -2.41. The van der Waals surface area contributed by atoms with Crippen molar-refractivity contribution in [3.8, 4) is 0 Å². The van der Waals surface area contributed by atoms with E-state index >= 15 is 0 Å². The predicted octanol–water partition coefficient (Wildman–Crippen LogP) is -0.452. The van der Waals surface area contributed by atoms with Crippen LogP contribution in [-0.4, -0.2) is 28.3 Å². The molecule has 1 saturated heterocycles. The van der Waals surface area contributed by atoms with Crippen LogP contribution >= 0.6 is 15.9 Å². The molecule has 7 nitrogen and oxygen atoms in total. The van der Waals surface area contributed by atoms with Crippen molar-refractivity contribution in [2.45, 2.75) is 18.9 Å². The van der Waals surface area contributed by atoms with Crippen LogP contribution in [0.25, 0.3) is 0 Å². The normalized spacial score (nSPS) is 19.2. The third-order valence-corrected chi connectivity index (χ3v) is 2.92. The third kappa shape index (κ3) is 2.64. The molecule has 2 rings (SSSR count). The van der Waals surface area contributed by atoms with E-state index in [1.54, 1.807) is 0 Å². The molecule has 0 aliphatic carbocycles. The van der Waals surface area contributed by atoms with Gasteiger partial charge < -0.3 is 4.74 Å². The highest BCUT2D eigenvalue weighted by molar-refractivity contribution is 9.10. The van der Waals surface area contributed by atoms with Crippen molar-refractivity contribution in [2.24, 2.45) is 0 Å². The third-order valence-electron chi connectivity index (χ3n) is 2.35. The zero-order chi connectivity index (χ0) is 12.4. The van der Waals surface area contributed by atoms with Gasteiger partial charge >= 0.3 is 5.69 Å². The van der Waals surface area contributed by atoms with Crippen LogP contribution < -0.4 is 16.7 Å². The molecule has 2 heterocycles. The fraction of sp³-hybridized carbons (Fsp3) is 0.444. The molecule has 92 valence electrons. The Bertz CT molecular complexity index is 544. The molecule has 1 aliphatic heterocycles. The first kappa shape index (κ1) is 12.1. The lowest BCUT2D eigenvalue weighted by Gasteiger charge is -2.11. The van der Waals surface area contributed by atoms with Crippen LogP contribution in [0.4, 0.5) is 0 Å². The molecule has 17 heavy (non-hydrogen) atoms. The summed E-state index contributed by atoms with van der Waals surface area (Å²) in [6.07, 6.45) is 2.12. The van der Waals surface area contributed by atoms with Crippen LogP contribution in [0, 0.1) is 0 Å². The van der Waals surface area contributed by atoms with Gasteiger partial charge in [-0.15, -0.1) is 0 Å². The number of carbonyl (C=O) groups is 1. The molecular weight excluding hydrogens is 294 g/mol. The van der Waals surface area contributed by atoms with Crippen molar-refractivity contribution in [1.82, 2.24) is 9.66 Å². The summed E-state index contributed by atoms with van der Waals surface area (Å²) in [6, 6.07) is 0. The Morgan fingerprint density at radius 1 is 1.59 bits per heavy atom. The van der Waals surface area contributed by atoms with Gasteiger partial charge in [0.25, 0.3) is 11.5 Å². The van der Waals surface area contributed by atoms with Gasteiger partial charge in [-0.3, -0.25) is 20.0 Å². The molecule has 2 N–H and O–H groups in total. The van der Waals surface area contributed by atoms with Crippen molar-refractivity contribution in [1.29, 1.82) is 0 Å². The van der Waals surface area contributed by atoms with Crippen LogP contribution in [0.15, 0.2) is 20.3 Å². The van der Waals surface area contributed by atoms with Crippen molar-refractivity contribution in [2.75, 3.05) is 12.0 Å². The van der Waals surface area contributed by atoms with Gasteiger partial charge in [0, 0.05) is 6.61 Å². The minimum absolute atomic E-state index is 0.157. The number of halogens is 1. The molecular formula is C9H10BrN3O4. The maximum atomic E-state index is 11.7. The largest absolute Gasteiger partial charge is 0.368 e. The van der Waals surface area contributed by atoms with Crippen molar-refractivity contribution < 1.29 is 9.53 Å². The van der Waals surface area contributed by atoms with E-state index in [2.05, 4.69) is 26.3 Å². The Hall–Kier alpha value is -1.41. The molecule has 0 saturated carbocycles. The second kappa shape index (κ2) is 4.84. The van der Waals surface area contributed by atoms with Crippen LogP contribution in [-0.2, 0) is 9.53 Å². The van der Waals surface area contributed by atoms with Crippen LogP contribution in [0.2, 0.25) is 0 Å². The zero-order valence-electron chi connectivity index (χ0n) is 8.73. The number of H-pyrrole nitrogens is 1. The van der Waals surface area contributed by atoms with Crippen LogP contribution in [0.5, 0.6) is 0 Å². The number of hydrogen-bond acceptors (Lipinski definition) is 4. The SMILES string of the molecule is O=C(Nn1cc(Br)c(=O)[nH]c1=O)[C@H]1CCCO1. The molecule has 0 unspecified atom stereocenters. The Labute approximate surface area is 104 Å². The van der Waals surface area contributed by atoms with Gasteiger partial charge in [-0.05, 0) is 28.8 Å². The smallest absolute Gasteiger partial charge is 0.347 e. The van der Waals surface area contributed by atoms with E-state index in [9.17, 15) is 14.4 Å². The average Bonchev–Trinajstić information content (AvgIpc) is 2.79. The van der Waals surface area contributed by atoms with E-state index in [-0.39, 0.29) is 4.47 Å². The number of aromatic amines is 1. The molecule has 0 radical (unpaired) electrons. The van der Waals surface area contributed by atoms with Crippen molar-refractivity contribution in [3.63, 3.8) is 0 Å². The number of nitrogens with one attached hydrogen (secondary N) is 2. The fourth-order valence-corrected chi connectivity index (χ4v) is 1.81. The molecule has 0 bridgehead atoms. The minimum Gasteiger partial charge on any atom is -0.368 e. The highest BCUT2D eigenvalue weighted by Gasteiger charge is 2.24. The van der Waals surface area contributed by atoms with E-state index in [4.69, 9.17) is 4.74 Å². The van der Waals surface area contributed by atoms with E-state index in [0.717, 1.165) is 11.1 Å². The van der Waals surface area contributed by atoms with E-state index in [0.29, 0.717) is 13.0 Å². The molecule has 1 atom stereocenters. The van der Waals surface area contributed by atoms with Crippen molar-refractivity contribution >= 4 is 21.8 Å². The Morgan fingerprint density at radius 3 is 3.00 bits per heavy atom. The van der Waals surface area contributed by atoms with Crippen LogP contribution in [0.3, 0.4) is 0 Å². The highest BCUT2D eigenvalue weighted by Crippen LogP contribution is 2.11. The summed E-state index contributed by atoms with van der Waals surface area (Å²) in [5.74, 6) is -0.399. The molecule has 8 heteroatoms. The number of carbonyl (C=O) groups excluding carboxylic acids is 1.